The maximum Gasteiger partial charge on any atom is 0.192 e. The Bertz CT molecular complexity index is 484. The molecule has 0 bridgehead atoms. The second-order valence-corrected chi connectivity index (χ2v) is 6.79. The van der Waals surface area contributed by atoms with Gasteiger partial charge in [-0.25, -0.2) is 0 Å². The molecule has 116 valence electrons. The Labute approximate surface area is 126 Å². The summed E-state index contributed by atoms with van der Waals surface area (Å²) < 4.78 is 12.0. The van der Waals surface area contributed by atoms with E-state index in [-0.39, 0.29) is 6.10 Å². The van der Waals surface area contributed by atoms with Crippen LogP contribution in [0.25, 0.3) is 0 Å². The first-order chi connectivity index (χ1) is 9.91. The Balaban J connectivity index is 1.55. The minimum Gasteiger partial charge on any atom is -0.387 e. The van der Waals surface area contributed by atoms with Crippen molar-refractivity contribution in [2.24, 2.45) is 5.92 Å². The fourth-order valence-electron chi connectivity index (χ4n) is 3.13. The van der Waals surface area contributed by atoms with Gasteiger partial charge in [0.25, 0.3) is 0 Å². The molecule has 1 aromatic carbocycles. The predicted molar refractivity (Wildman–Crippen MR) is 80.8 cm³/mol. The van der Waals surface area contributed by atoms with Crippen molar-refractivity contribution < 1.29 is 14.6 Å². The van der Waals surface area contributed by atoms with E-state index in [1.807, 2.05) is 37.3 Å². The summed E-state index contributed by atoms with van der Waals surface area (Å²) >= 11 is 0. The van der Waals surface area contributed by atoms with Crippen LogP contribution in [-0.2, 0) is 15.3 Å². The summed E-state index contributed by atoms with van der Waals surface area (Å²) in [5.74, 6) is -0.352. The number of benzene rings is 1. The van der Waals surface area contributed by atoms with Crippen LogP contribution in [0.15, 0.2) is 30.3 Å². The van der Waals surface area contributed by atoms with E-state index in [0.29, 0.717) is 12.5 Å². The van der Waals surface area contributed by atoms with Crippen LogP contribution in [0.5, 0.6) is 0 Å². The Morgan fingerprint density at radius 1 is 1.29 bits per heavy atom. The van der Waals surface area contributed by atoms with Crippen LogP contribution in [0.1, 0.15) is 26.3 Å². The maximum absolute atomic E-state index is 10.3. The summed E-state index contributed by atoms with van der Waals surface area (Å²) in [7, 11) is 0. The quantitative estimate of drug-likeness (QED) is 0.921. The zero-order valence-electron chi connectivity index (χ0n) is 13.1. The normalized spacial score (nSPS) is 32.3. The van der Waals surface area contributed by atoms with Gasteiger partial charge in [0, 0.05) is 25.2 Å². The summed E-state index contributed by atoms with van der Waals surface area (Å²) in [4.78, 5) is 2.24. The third kappa shape index (κ3) is 2.86. The lowest BCUT2D eigenvalue weighted by Crippen LogP contribution is -2.65. The summed E-state index contributed by atoms with van der Waals surface area (Å²) in [6.07, 6.45) is 0.0620. The molecule has 2 unspecified atom stereocenters. The SMILES string of the molecule is CC(C)C1(O)CN(CC2COC(C)(c3ccccc3)O2)C1. The molecular formula is C17H25NO3. The van der Waals surface area contributed by atoms with Crippen molar-refractivity contribution in [3.63, 3.8) is 0 Å². The standard InChI is InChI=1S/C17H25NO3/c1-13(2)17(19)11-18(12-17)9-15-10-20-16(3,21-15)14-7-5-4-6-8-14/h4-8,13,15,19H,9-12H2,1-3H3. The van der Waals surface area contributed by atoms with E-state index in [1.54, 1.807) is 0 Å². The highest BCUT2D eigenvalue weighted by atomic mass is 16.7. The molecule has 1 N–H and O–H groups in total. The molecule has 2 saturated heterocycles. The molecule has 0 aromatic heterocycles. The Morgan fingerprint density at radius 2 is 1.95 bits per heavy atom. The highest BCUT2D eigenvalue weighted by Gasteiger charge is 2.46. The average Bonchev–Trinajstić information content (AvgIpc) is 2.80. The van der Waals surface area contributed by atoms with Crippen molar-refractivity contribution in [2.45, 2.75) is 38.3 Å². The number of likely N-dealkylation sites (tertiary alicyclic amines) is 1. The molecule has 0 spiro atoms. The third-order valence-electron chi connectivity index (χ3n) is 4.77. The largest absolute Gasteiger partial charge is 0.387 e. The summed E-state index contributed by atoms with van der Waals surface area (Å²) in [6, 6.07) is 10.1. The van der Waals surface area contributed by atoms with E-state index in [4.69, 9.17) is 9.47 Å². The molecule has 21 heavy (non-hydrogen) atoms. The molecule has 2 atom stereocenters. The molecule has 2 aliphatic heterocycles. The van der Waals surface area contributed by atoms with Gasteiger partial charge in [0.05, 0.1) is 18.3 Å². The monoisotopic (exact) mass is 291 g/mol. The molecular weight excluding hydrogens is 266 g/mol. The minimum absolute atomic E-state index is 0.0620. The first-order valence-electron chi connectivity index (χ1n) is 7.73. The maximum atomic E-state index is 10.3. The van der Waals surface area contributed by atoms with Gasteiger partial charge in [-0.2, -0.15) is 0 Å². The van der Waals surface area contributed by atoms with Crippen LogP contribution >= 0.6 is 0 Å². The zero-order valence-corrected chi connectivity index (χ0v) is 13.1. The molecule has 1 aromatic rings. The van der Waals surface area contributed by atoms with E-state index in [1.165, 1.54) is 0 Å². The number of aliphatic hydroxyl groups is 1. The molecule has 4 nitrogen and oxygen atoms in total. The fourth-order valence-corrected chi connectivity index (χ4v) is 3.13. The number of rotatable bonds is 4. The van der Waals surface area contributed by atoms with Crippen molar-refractivity contribution in [2.75, 3.05) is 26.2 Å². The second-order valence-electron chi connectivity index (χ2n) is 6.79. The minimum atomic E-state index is -0.648. The van der Waals surface area contributed by atoms with Crippen LogP contribution < -0.4 is 0 Å². The van der Waals surface area contributed by atoms with E-state index in [0.717, 1.165) is 25.2 Å². The zero-order chi connectivity index (χ0) is 15.1. The van der Waals surface area contributed by atoms with Gasteiger partial charge in [-0.05, 0) is 12.8 Å². The van der Waals surface area contributed by atoms with Crippen molar-refractivity contribution in [1.29, 1.82) is 0 Å². The molecule has 0 aliphatic carbocycles. The van der Waals surface area contributed by atoms with Crippen molar-refractivity contribution in [3.8, 4) is 0 Å². The average molecular weight is 291 g/mol. The summed E-state index contributed by atoms with van der Waals surface area (Å²) in [5, 5.41) is 10.3. The van der Waals surface area contributed by atoms with E-state index in [2.05, 4.69) is 18.7 Å². The lowest BCUT2D eigenvalue weighted by molar-refractivity contribution is -0.174. The summed E-state index contributed by atoms with van der Waals surface area (Å²) in [5.41, 5.74) is 0.525. The van der Waals surface area contributed by atoms with E-state index in [9.17, 15) is 5.11 Å². The van der Waals surface area contributed by atoms with Gasteiger partial charge in [-0.1, -0.05) is 44.2 Å². The number of ether oxygens (including phenoxy) is 2. The molecule has 2 aliphatic rings. The first kappa shape index (κ1) is 15.0. The van der Waals surface area contributed by atoms with Crippen molar-refractivity contribution in [3.05, 3.63) is 35.9 Å². The second kappa shape index (κ2) is 5.36. The van der Waals surface area contributed by atoms with Crippen molar-refractivity contribution >= 4 is 0 Å². The molecule has 2 fully saturated rings. The fraction of sp³-hybridized carbons (Fsp3) is 0.647. The van der Waals surface area contributed by atoms with Gasteiger partial charge in [0.1, 0.15) is 0 Å². The highest BCUT2D eigenvalue weighted by Crippen LogP contribution is 2.35. The van der Waals surface area contributed by atoms with Gasteiger partial charge < -0.3 is 14.6 Å². The van der Waals surface area contributed by atoms with Crippen LogP contribution in [0.4, 0.5) is 0 Å². The Kier molecular flexibility index (Phi) is 3.82. The Hall–Kier alpha value is -0.940. The molecule has 0 radical (unpaired) electrons. The molecule has 4 heteroatoms. The molecule has 0 saturated carbocycles. The summed E-state index contributed by atoms with van der Waals surface area (Å²) in [6.45, 7) is 8.99. The van der Waals surface area contributed by atoms with Crippen LogP contribution in [0.2, 0.25) is 0 Å². The van der Waals surface area contributed by atoms with Gasteiger partial charge >= 0.3 is 0 Å². The van der Waals surface area contributed by atoms with E-state index < -0.39 is 11.4 Å². The van der Waals surface area contributed by atoms with Crippen LogP contribution in [0, 0.1) is 5.92 Å². The number of β-amino-alcohol motifs (C(OH)–C–C–N with tert-alkyl or cyclic N) is 1. The van der Waals surface area contributed by atoms with Crippen LogP contribution in [0.3, 0.4) is 0 Å². The third-order valence-corrected chi connectivity index (χ3v) is 4.77. The lowest BCUT2D eigenvalue weighted by Gasteiger charge is -2.49. The molecule has 3 rings (SSSR count). The highest BCUT2D eigenvalue weighted by molar-refractivity contribution is 5.20. The van der Waals surface area contributed by atoms with Gasteiger partial charge in [-0.15, -0.1) is 0 Å². The Morgan fingerprint density at radius 3 is 2.57 bits per heavy atom. The number of nitrogens with zero attached hydrogens (tertiary/aromatic N) is 1. The predicted octanol–water partition coefficient (Wildman–Crippen LogP) is 1.98. The van der Waals surface area contributed by atoms with Crippen LogP contribution in [-0.4, -0.2) is 48.0 Å². The van der Waals surface area contributed by atoms with Gasteiger partial charge in [0.15, 0.2) is 5.79 Å². The number of hydrogen-bond acceptors (Lipinski definition) is 4. The van der Waals surface area contributed by atoms with E-state index >= 15 is 0 Å². The van der Waals surface area contributed by atoms with Gasteiger partial charge in [-0.3, -0.25) is 4.90 Å². The van der Waals surface area contributed by atoms with Gasteiger partial charge in [0.2, 0.25) is 0 Å². The number of hydrogen-bond donors (Lipinski definition) is 1. The smallest absolute Gasteiger partial charge is 0.192 e. The molecule has 0 amide bonds. The lowest BCUT2D eigenvalue weighted by atomic mass is 9.83. The molecule has 2 heterocycles. The van der Waals surface area contributed by atoms with Crippen molar-refractivity contribution in [1.82, 2.24) is 4.90 Å². The topological polar surface area (TPSA) is 41.9 Å². The first-order valence-corrected chi connectivity index (χ1v) is 7.73.